The molecule has 7 heteroatoms. The van der Waals surface area contributed by atoms with Crippen LogP contribution in [0.25, 0.3) is 10.9 Å². The minimum Gasteiger partial charge on any atom is -0.469 e. The molecular formula is C20H25N3O4. The van der Waals surface area contributed by atoms with Gasteiger partial charge in [0.15, 0.2) is 0 Å². The quantitative estimate of drug-likeness (QED) is 0.769. The van der Waals surface area contributed by atoms with Crippen molar-refractivity contribution in [1.29, 1.82) is 0 Å². The lowest BCUT2D eigenvalue weighted by Crippen LogP contribution is -2.37. The molecule has 7 nitrogen and oxygen atoms in total. The fraction of sp³-hybridized carbons (Fsp3) is 0.450. The zero-order valence-electron chi connectivity index (χ0n) is 15.8. The van der Waals surface area contributed by atoms with Crippen LogP contribution < -0.4 is 0 Å². The van der Waals surface area contributed by atoms with Crippen LogP contribution in [-0.2, 0) is 21.4 Å². The number of carbonyl (C=O) groups is 3. The SMILES string of the molecule is COC(=O)CCC(=O)N1CCCN(C(=O)c2cn(C)c3ccccc23)CC1. The highest BCUT2D eigenvalue weighted by Gasteiger charge is 2.25. The number of benzene rings is 1. The minimum atomic E-state index is -0.383. The molecule has 3 rings (SSSR count). The first-order chi connectivity index (χ1) is 13.0. The van der Waals surface area contributed by atoms with Crippen molar-refractivity contribution in [3.8, 4) is 0 Å². The van der Waals surface area contributed by atoms with Gasteiger partial charge < -0.3 is 19.1 Å². The minimum absolute atomic E-state index is 0.00402. The summed E-state index contributed by atoms with van der Waals surface area (Å²) >= 11 is 0. The van der Waals surface area contributed by atoms with Crippen LogP contribution in [0.1, 0.15) is 29.6 Å². The molecule has 1 saturated heterocycles. The van der Waals surface area contributed by atoms with Crippen molar-refractivity contribution in [1.82, 2.24) is 14.4 Å². The summed E-state index contributed by atoms with van der Waals surface area (Å²) in [7, 11) is 3.25. The van der Waals surface area contributed by atoms with Crippen LogP contribution in [-0.4, -0.2) is 65.4 Å². The van der Waals surface area contributed by atoms with Crippen LogP contribution >= 0.6 is 0 Å². The van der Waals surface area contributed by atoms with E-state index in [2.05, 4.69) is 4.74 Å². The Balaban J connectivity index is 1.66. The first kappa shape index (κ1) is 18.9. The fourth-order valence-electron chi connectivity index (χ4n) is 3.52. The van der Waals surface area contributed by atoms with Gasteiger partial charge in [-0.2, -0.15) is 0 Å². The Hall–Kier alpha value is -2.83. The number of carbonyl (C=O) groups excluding carboxylic acids is 3. The molecule has 0 unspecified atom stereocenters. The van der Waals surface area contributed by atoms with Crippen molar-refractivity contribution in [2.45, 2.75) is 19.3 Å². The van der Waals surface area contributed by atoms with Gasteiger partial charge in [0.05, 0.1) is 19.1 Å². The van der Waals surface area contributed by atoms with E-state index in [1.807, 2.05) is 47.0 Å². The maximum atomic E-state index is 13.1. The standard InChI is InChI=1S/C20H25N3O4/c1-21-14-16(15-6-3-4-7-17(15)21)20(26)23-11-5-10-22(12-13-23)18(24)8-9-19(25)27-2/h3-4,6-7,14H,5,8-13H2,1-2H3. The van der Waals surface area contributed by atoms with Gasteiger partial charge in [-0.3, -0.25) is 14.4 Å². The molecule has 144 valence electrons. The Labute approximate surface area is 158 Å². The van der Waals surface area contributed by atoms with E-state index in [1.54, 1.807) is 4.90 Å². The lowest BCUT2D eigenvalue weighted by atomic mass is 10.1. The van der Waals surface area contributed by atoms with E-state index in [9.17, 15) is 14.4 Å². The number of aromatic nitrogens is 1. The maximum absolute atomic E-state index is 13.1. The van der Waals surface area contributed by atoms with Crippen LogP contribution in [0.3, 0.4) is 0 Å². The fourth-order valence-corrected chi connectivity index (χ4v) is 3.52. The molecular weight excluding hydrogens is 346 g/mol. The third kappa shape index (κ3) is 4.13. The molecule has 0 spiro atoms. The van der Waals surface area contributed by atoms with E-state index in [4.69, 9.17) is 0 Å². The number of methoxy groups -OCH3 is 1. The number of fused-ring (bicyclic) bond motifs is 1. The summed E-state index contributed by atoms with van der Waals surface area (Å²) in [6.45, 7) is 2.19. The van der Waals surface area contributed by atoms with E-state index in [-0.39, 0.29) is 30.6 Å². The van der Waals surface area contributed by atoms with Gasteiger partial charge in [-0.05, 0) is 12.5 Å². The zero-order valence-corrected chi connectivity index (χ0v) is 15.8. The third-order valence-corrected chi connectivity index (χ3v) is 5.03. The van der Waals surface area contributed by atoms with E-state index in [1.165, 1.54) is 7.11 Å². The zero-order chi connectivity index (χ0) is 19.4. The molecule has 1 aliphatic rings. The van der Waals surface area contributed by atoms with Crippen LogP contribution in [0.15, 0.2) is 30.5 Å². The summed E-state index contributed by atoms with van der Waals surface area (Å²) in [5, 5.41) is 0.945. The number of rotatable bonds is 4. The van der Waals surface area contributed by atoms with Crippen molar-refractivity contribution in [2.24, 2.45) is 7.05 Å². The van der Waals surface area contributed by atoms with Gasteiger partial charge in [0.1, 0.15) is 0 Å². The molecule has 0 atom stereocenters. The van der Waals surface area contributed by atoms with E-state index < -0.39 is 0 Å². The van der Waals surface area contributed by atoms with Gasteiger partial charge in [-0.15, -0.1) is 0 Å². The number of hydrogen-bond acceptors (Lipinski definition) is 4. The van der Waals surface area contributed by atoms with Gasteiger partial charge in [0, 0.05) is 56.7 Å². The van der Waals surface area contributed by atoms with Gasteiger partial charge in [-0.1, -0.05) is 18.2 Å². The highest BCUT2D eigenvalue weighted by Crippen LogP contribution is 2.22. The Kier molecular flexibility index (Phi) is 5.78. The maximum Gasteiger partial charge on any atom is 0.306 e. The molecule has 2 amide bonds. The second kappa shape index (κ2) is 8.24. The lowest BCUT2D eigenvalue weighted by Gasteiger charge is -2.22. The Morgan fingerprint density at radius 2 is 1.70 bits per heavy atom. The van der Waals surface area contributed by atoms with Crippen LogP contribution in [0.4, 0.5) is 0 Å². The summed E-state index contributed by atoms with van der Waals surface area (Å²) in [4.78, 5) is 40.1. The van der Waals surface area contributed by atoms with E-state index in [0.717, 1.165) is 17.3 Å². The molecule has 0 radical (unpaired) electrons. The Morgan fingerprint density at radius 1 is 1.00 bits per heavy atom. The number of nitrogens with zero attached hydrogens (tertiary/aromatic N) is 3. The molecule has 0 saturated carbocycles. The normalized spacial score (nSPS) is 14.9. The predicted octanol–water partition coefficient (Wildman–Crippen LogP) is 1.81. The largest absolute Gasteiger partial charge is 0.469 e. The number of aryl methyl sites for hydroxylation is 1. The van der Waals surface area contributed by atoms with Crippen molar-refractivity contribution < 1.29 is 19.1 Å². The van der Waals surface area contributed by atoms with Gasteiger partial charge in [0.25, 0.3) is 5.91 Å². The van der Waals surface area contributed by atoms with E-state index >= 15 is 0 Å². The number of ether oxygens (including phenoxy) is 1. The lowest BCUT2D eigenvalue weighted by molar-refractivity contribution is -0.143. The summed E-state index contributed by atoms with van der Waals surface area (Å²) in [6, 6.07) is 7.85. The summed E-state index contributed by atoms with van der Waals surface area (Å²) in [5.74, 6) is -0.457. The molecule has 0 aliphatic carbocycles. The molecule has 27 heavy (non-hydrogen) atoms. The van der Waals surface area contributed by atoms with Crippen LogP contribution in [0.5, 0.6) is 0 Å². The molecule has 0 bridgehead atoms. The molecule has 1 aromatic carbocycles. The molecule has 2 aromatic rings. The summed E-state index contributed by atoms with van der Waals surface area (Å²) < 4.78 is 6.54. The molecule has 1 aliphatic heterocycles. The Bertz CT molecular complexity index is 858. The van der Waals surface area contributed by atoms with Crippen LogP contribution in [0.2, 0.25) is 0 Å². The number of amides is 2. The first-order valence-electron chi connectivity index (χ1n) is 9.19. The number of para-hydroxylation sites is 1. The second-order valence-corrected chi connectivity index (χ2v) is 6.77. The number of esters is 1. The van der Waals surface area contributed by atoms with Crippen molar-refractivity contribution in [3.63, 3.8) is 0 Å². The first-order valence-corrected chi connectivity index (χ1v) is 9.19. The molecule has 0 N–H and O–H groups in total. The third-order valence-electron chi connectivity index (χ3n) is 5.03. The predicted molar refractivity (Wildman–Crippen MR) is 101 cm³/mol. The number of hydrogen-bond donors (Lipinski definition) is 0. The van der Waals surface area contributed by atoms with Crippen LogP contribution in [0, 0.1) is 0 Å². The molecule has 1 fully saturated rings. The molecule has 2 heterocycles. The highest BCUT2D eigenvalue weighted by molar-refractivity contribution is 6.07. The monoisotopic (exact) mass is 371 g/mol. The smallest absolute Gasteiger partial charge is 0.306 e. The average molecular weight is 371 g/mol. The summed E-state index contributed by atoms with van der Waals surface area (Å²) in [6.07, 6.45) is 2.83. The van der Waals surface area contributed by atoms with Gasteiger partial charge in [-0.25, -0.2) is 0 Å². The van der Waals surface area contributed by atoms with Crippen molar-refractivity contribution in [3.05, 3.63) is 36.0 Å². The summed E-state index contributed by atoms with van der Waals surface area (Å²) in [5.41, 5.74) is 1.72. The van der Waals surface area contributed by atoms with Crippen molar-refractivity contribution >= 4 is 28.7 Å². The van der Waals surface area contributed by atoms with Crippen molar-refractivity contribution in [2.75, 3.05) is 33.3 Å². The highest BCUT2D eigenvalue weighted by atomic mass is 16.5. The average Bonchev–Trinajstić information content (AvgIpc) is 2.86. The van der Waals surface area contributed by atoms with Gasteiger partial charge in [0.2, 0.25) is 5.91 Å². The Morgan fingerprint density at radius 3 is 2.48 bits per heavy atom. The van der Waals surface area contributed by atoms with Gasteiger partial charge >= 0.3 is 5.97 Å². The second-order valence-electron chi connectivity index (χ2n) is 6.77. The molecule has 1 aromatic heterocycles. The van der Waals surface area contributed by atoms with E-state index in [0.29, 0.717) is 31.7 Å². The topological polar surface area (TPSA) is 71.9 Å².